The summed E-state index contributed by atoms with van der Waals surface area (Å²) in [6.07, 6.45) is 4.55. The topological polar surface area (TPSA) is 42.2 Å². The van der Waals surface area contributed by atoms with Gasteiger partial charge in [0, 0.05) is 31.9 Å². The van der Waals surface area contributed by atoms with Gasteiger partial charge >= 0.3 is 0 Å². The lowest BCUT2D eigenvalue weighted by atomic mass is 9.94. The molecule has 3 nitrogen and oxygen atoms in total. The fraction of sp³-hybridized carbons (Fsp3) is 0.643. The van der Waals surface area contributed by atoms with Crippen molar-refractivity contribution in [1.82, 2.24) is 9.88 Å². The number of likely N-dealkylation sites (tertiary alicyclic amines) is 1. The molecule has 2 heterocycles. The largest absolute Gasteiger partial charge is 0.325 e. The van der Waals surface area contributed by atoms with Crippen molar-refractivity contribution in [3.8, 4) is 0 Å². The molecule has 2 atom stereocenters. The molecule has 1 saturated heterocycles. The van der Waals surface area contributed by atoms with E-state index in [0.29, 0.717) is 12.6 Å². The minimum atomic E-state index is 0.528. The van der Waals surface area contributed by atoms with Crippen molar-refractivity contribution in [3.05, 3.63) is 29.6 Å². The molecule has 1 aromatic rings. The van der Waals surface area contributed by atoms with E-state index in [-0.39, 0.29) is 0 Å². The van der Waals surface area contributed by atoms with Gasteiger partial charge in [0.1, 0.15) is 0 Å². The van der Waals surface area contributed by atoms with Gasteiger partial charge in [0.2, 0.25) is 0 Å². The lowest BCUT2D eigenvalue weighted by molar-refractivity contribution is 0.117. The van der Waals surface area contributed by atoms with Crippen LogP contribution in [0.1, 0.15) is 37.9 Å². The van der Waals surface area contributed by atoms with Gasteiger partial charge in [-0.2, -0.15) is 0 Å². The zero-order chi connectivity index (χ0) is 12.3. The van der Waals surface area contributed by atoms with Crippen LogP contribution in [0.15, 0.2) is 18.3 Å². The predicted molar refractivity (Wildman–Crippen MR) is 70.4 cm³/mol. The summed E-state index contributed by atoms with van der Waals surface area (Å²) in [6, 6.07) is 4.93. The van der Waals surface area contributed by atoms with Gasteiger partial charge in [-0.15, -0.1) is 0 Å². The molecule has 1 fully saturated rings. The van der Waals surface area contributed by atoms with Gasteiger partial charge in [-0.05, 0) is 43.4 Å². The van der Waals surface area contributed by atoms with E-state index in [2.05, 4.69) is 35.9 Å². The number of hydrogen-bond acceptors (Lipinski definition) is 3. The van der Waals surface area contributed by atoms with E-state index in [9.17, 15) is 0 Å². The van der Waals surface area contributed by atoms with Crippen LogP contribution in [0.3, 0.4) is 0 Å². The molecular weight excluding hydrogens is 210 g/mol. The normalized spacial score (nSPS) is 26.1. The van der Waals surface area contributed by atoms with Gasteiger partial charge in [-0.3, -0.25) is 9.88 Å². The Morgan fingerprint density at radius 3 is 3.00 bits per heavy atom. The number of piperidine rings is 1. The van der Waals surface area contributed by atoms with Crippen LogP contribution in [0, 0.1) is 5.92 Å². The molecule has 1 aliphatic heterocycles. The molecule has 0 aromatic carbocycles. The summed E-state index contributed by atoms with van der Waals surface area (Å²) in [5.41, 5.74) is 7.95. The lowest BCUT2D eigenvalue weighted by Gasteiger charge is -2.36. The summed E-state index contributed by atoms with van der Waals surface area (Å²) in [5, 5.41) is 0. The Bertz CT molecular complexity index is 364. The average molecular weight is 233 g/mol. The average Bonchev–Trinajstić information content (AvgIpc) is 2.34. The van der Waals surface area contributed by atoms with Crippen molar-refractivity contribution in [3.63, 3.8) is 0 Å². The molecule has 0 saturated carbocycles. The first-order valence-corrected chi connectivity index (χ1v) is 6.57. The maximum atomic E-state index is 5.63. The molecule has 0 radical (unpaired) electrons. The van der Waals surface area contributed by atoms with Gasteiger partial charge in [-0.1, -0.05) is 6.92 Å². The molecular formula is C14H23N3. The van der Waals surface area contributed by atoms with Gasteiger partial charge in [-0.25, -0.2) is 0 Å². The third-order valence-corrected chi connectivity index (χ3v) is 3.72. The summed E-state index contributed by atoms with van der Waals surface area (Å²) < 4.78 is 0. The van der Waals surface area contributed by atoms with E-state index in [1.807, 2.05) is 6.20 Å². The standard InChI is InChI=1S/C14H23N3/c1-11-3-4-12(2)17(9-11)10-13-5-6-16-14(7-13)8-15/h5-7,11-12H,3-4,8-10,15H2,1-2H3. The second-order valence-electron chi connectivity index (χ2n) is 5.32. The van der Waals surface area contributed by atoms with Crippen molar-refractivity contribution in [2.75, 3.05) is 6.54 Å². The van der Waals surface area contributed by atoms with Crippen molar-refractivity contribution < 1.29 is 0 Å². The number of nitrogens with two attached hydrogens (primary N) is 1. The van der Waals surface area contributed by atoms with E-state index in [1.54, 1.807) is 0 Å². The van der Waals surface area contributed by atoms with Gasteiger partial charge in [0.05, 0.1) is 5.69 Å². The maximum Gasteiger partial charge on any atom is 0.0542 e. The second-order valence-corrected chi connectivity index (χ2v) is 5.32. The van der Waals surface area contributed by atoms with Crippen LogP contribution in [0.25, 0.3) is 0 Å². The number of hydrogen-bond donors (Lipinski definition) is 1. The Hall–Kier alpha value is -0.930. The van der Waals surface area contributed by atoms with Crippen molar-refractivity contribution in [2.24, 2.45) is 11.7 Å². The van der Waals surface area contributed by atoms with Gasteiger partial charge in [0.15, 0.2) is 0 Å². The monoisotopic (exact) mass is 233 g/mol. The first-order valence-electron chi connectivity index (χ1n) is 6.57. The highest BCUT2D eigenvalue weighted by molar-refractivity contribution is 5.16. The third kappa shape index (κ3) is 3.27. The molecule has 94 valence electrons. The van der Waals surface area contributed by atoms with E-state index in [4.69, 9.17) is 5.73 Å². The van der Waals surface area contributed by atoms with Crippen LogP contribution >= 0.6 is 0 Å². The maximum absolute atomic E-state index is 5.63. The van der Waals surface area contributed by atoms with Crippen LogP contribution in [0.4, 0.5) is 0 Å². The fourth-order valence-corrected chi connectivity index (χ4v) is 2.57. The Balaban J connectivity index is 2.03. The van der Waals surface area contributed by atoms with Gasteiger partial charge in [0.25, 0.3) is 0 Å². The van der Waals surface area contributed by atoms with Crippen LogP contribution in [-0.2, 0) is 13.1 Å². The molecule has 2 rings (SSSR count). The van der Waals surface area contributed by atoms with Crippen molar-refractivity contribution in [1.29, 1.82) is 0 Å². The van der Waals surface area contributed by atoms with Crippen LogP contribution in [0.2, 0.25) is 0 Å². The van der Waals surface area contributed by atoms with E-state index < -0.39 is 0 Å². The highest BCUT2D eigenvalue weighted by atomic mass is 15.2. The Kier molecular flexibility index (Phi) is 4.13. The summed E-state index contributed by atoms with van der Waals surface area (Å²) in [6.45, 7) is 7.44. The number of rotatable bonds is 3. The molecule has 3 heteroatoms. The Labute approximate surface area is 104 Å². The SMILES string of the molecule is CC1CCC(C)N(Cc2ccnc(CN)c2)C1. The molecule has 0 aliphatic carbocycles. The summed E-state index contributed by atoms with van der Waals surface area (Å²) in [7, 11) is 0. The van der Waals surface area contributed by atoms with Crippen molar-refractivity contribution >= 4 is 0 Å². The molecule has 17 heavy (non-hydrogen) atoms. The quantitative estimate of drug-likeness (QED) is 0.870. The lowest BCUT2D eigenvalue weighted by Crippen LogP contribution is -2.40. The van der Waals surface area contributed by atoms with Crippen LogP contribution in [-0.4, -0.2) is 22.5 Å². The molecule has 1 aliphatic rings. The molecule has 0 bridgehead atoms. The number of pyridine rings is 1. The smallest absolute Gasteiger partial charge is 0.0542 e. The Morgan fingerprint density at radius 1 is 1.41 bits per heavy atom. The van der Waals surface area contributed by atoms with Crippen molar-refractivity contribution in [2.45, 2.75) is 45.8 Å². The van der Waals surface area contributed by atoms with Crippen LogP contribution in [0.5, 0.6) is 0 Å². The molecule has 2 N–H and O–H groups in total. The minimum Gasteiger partial charge on any atom is -0.325 e. The molecule has 2 unspecified atom stereocenters. The van der Waals surface area contributed by atoms with Gasteiger partial charge < -0.3 is 5.73 Å². The minimum absolute atomic E-state index is 0.528. The molecule has 0 spiro atoms. The number of aromatic nitrogens is 1. The fourth-order valence-electron chi connectivity index (χ4n) is 2.57. The summed E-state index contributed by atoms with van der Waals surface area (Å²) in [4.78, 5) is 6.81. The predicted octanol–water partition coefficient (Wildman–Crippen LogP) is 2.16. The third-order valence-electron chi connectivity index (χ3n) is 3.72. The first kappa shape index (κ1) is 12.5. The summed E-state index contributed by atoms with van der Waals surface area (Å²) >= 11 is 0. The Morgan fingerprint density at radius 2 is 2.24 bits per heavy atom. The zero-order valence-corrected chi connectivity index (χ0v) is 10.9. The van der Waals surface area contributed by atoms with E-state index >= 15 is 0 Å². The highest BCUT2D eigenvalue weighted by Gasteiger charge is 2.22. The molecule has 1 aromatic heterocycles. The number of nitrogens with zero attached hydrogens (tertiary/aromatic N) is 2. The van der Waals surface area contributed by atoms with E-state index in [1.165, 1.54) is 24.9 Å². The highest BCUT2D eigenvalue weighted by Crippen LogP contribution is 2.23. The second kappa shape index (κ2) is 5.61. The summed E-state index contributed by atoms with van der Waals surface area (Å²) in [5.74, 6) is 0.821. The molecule has 0 amide bonds. The zero-order valence-electron chi connectivity index (χ0n) is 10.9. The van der Waals surface area contributed by atoms with Crippen LogP contribution < -0.4 is 5.73 Å². The first-order chi connectivity index (χ1) is 8.19. The van der Waals surface area contributed by atoms with E-state index in [0.717, 1.165) is 18.2 Å².